The lowest BCUT2D eigenvalue weighted by Gasteiger charge is -2.04. The molecule has 6 nitrogen and oxygen atoms in total. The van der Waals surface area contributed by atoms with Gasteiger partial charge >= 0.3 is 5.97 Å². The number of thioether (sulfide) groups is 1. The van der Waals surface area contributed by atoms with Gasteiger partial charge in [0.1, 0.15) is 23.0 Å². The van der Waals surface area contributed by atoms with Crippen LogP contribution >= 0.6 is 23.4 Å². The van der Waals surface area contributed by atoms with Crippen LogP contribution in [-0.2, 0) is 10.5 Å². The molecule has 1 aromatic carbocycles. The van der Waals surface area contributed by atoms with Crippen molar-refractivity contribution in [1.82, 2.24) is 9.97 Å². The van der Waals surface area contributed by atoms with Gasteiger partial charge in [-0.05, 0) is 38.1 Å². The number of anilines is 1. The van der Waals surface area contributed by atoms with Gasteiger partial charge in [0.25, 0.3) is 0 Å². The molecule has 2 N–H and O–H groups in total. The van der Waals surface area contributed by atoms with Crippen molar-refractivity contribution in [2.75, 3.05) is 12.3 Å². The van der Waals surface area contributed by atoms with Crippen LogP contribution in [0.4, 0.5) is 5.82 Å². The number of nitrogens with two attached hydrogens (primary N) is 1. The van der Waals surface area contributed by atoms with Gasteiger partial charge in [-0.3, -0.25) is 0 Å². The molecule has 0 saturated heterocycles. The lowest BCUT2D eigenvalue weighted by atomic mass is 10.2. The number of aryl methyl sites for hydroxylation is 1. The average Bonchev–Trinajstić information content (AvgIpc) is 2.91. The molecule has 0 aliphatic carbocycles. The summed E-state index contributed by atoms with van der Waals surface area (Å²) in [5, 5.41) is 1.08. The molecule has 0 bridgehead atoms. The molecule has 0 spiro atoms. The Bertz CT molecular complexity index is 925. The number of hydrogen-bond acceptors (Lipinski definition) is 7. The molecule has 3 aromatic rings. The molecule has 0 saturated carbocycles. The number of ether oxygens (including phenoxy) is 1. The highest BCUT2D eigenvalue weighted by atomic mass is 35.5. The van der Waals surface area contributed by atoms with Crippen molar-refractivity contribution in [3.63, 3.8) is 0 Å². The van der Waals surface area contributed by atoms with E-state index in [9.17, 15) is 4.79 Å². The number of nitrogen functional groups attached to an aromatic ring is 1. The minimum Gasteiger partial charge on any atom is -0.462 e. The molecule has 2 aromatic heterocycles. The van der Waals surface area contributed by atoms with E-state index in [1.165, 1.54) is 0 Å². The number of esters is 1. The molecule has 8 heteroatoms. The number of carbonyl (C=O) groups is 1. The highest BCUT2D eigenvalue weighted by molar-refractivity contribution is 7.98. The van der Waals surface area contributed by atoms with Crippen LogP contribution in [0.3, 0.4) is 0 Å². The molecule has 0 radical (unpaired) electrons. The molecule has 0 aliphatic rings. The van der Waals surface area contributed by atoms with Crippen LogP contribution in [0.25, 0.3) is 11.1 Å². The Labute approximate surface area is 153 Å². The van der Waals surface area contributed by atoms with Crippen molar-refractivity contribution in [2.45, 2.75) is 24.5 Å². The fourth-order valence-corrected chi connectivity index (χ4v) is 3.26. The second-order valence-corrected chi connectivity index (χ2v) is 6.69. The molecule has 25 heavy (non-hydrogen) atoms. The first-order valence-corrected chi connectivity index (χ1v) is 8.97. The normalized spacial score (nSPS) is 11.0. The van der Waals surface area contributed by atoms with E-state index in [1.54, 1.807) is 25.6 Å². The standard InChI is InChI=1S/C17H16ClN3O3S/c1-3-23-17(22)13-9(2)24-16-14(13)15(19)20-12(21-16)8-25-11-6-4-10(18)5-7-11/h4-7H,3,8H2,1-2H3,(H2,19,20,21). The van der Waals surface area contributed by atoms with Crippen molar-refractivity contribution in [2.24, 2.45) is 0 Å². The average molecular weight is 378 g/mol. The third-order valence-corrected chi connectivity index (χ3v) is 4.72. The van der Waals surface area contributed by atoms with Crippen molar-refractivity contribution in [3.05, 3.63) is 46.4 Å². The summed E-state index contributed by atoms with van der Waals surface area (Å²) >= 11 is 7.43. The first-order chi connectivity index (χ1) is 12.0. The second-order valence-electron chi connectivity index (χ2n) is 5.20. The minimum atomic E-state index is -0.489. The number of benzene rings is 1. The summed E-state index contributed by atoms with van der Waals surface area (Å²) in [5.74, 6) is 1.16. The van der Waals surface area contributed by atoms with Crippen molar-refractivity contribution in [3.8, 4) is 0 Å². The highest BCUT2D eigenvalue weighted by Gasteiger charge is 2.23. The van der Waals surface area contributed by atoms with E-state index in [1.807, 2.05) is 24.3 Å². The summed E-state index contributed by atoms with van der Waals surface area (Å²) in [5.41, 5.74) is 6.62. The fourth-order valence-electron chi connectivity index (χ4n) is 2.38. The Hall–Kier alpha value is -2.25. The molecule has 0 atom stereocenters. The van der Waals surface area contributed by atoms with Crippen molar-refractivity contribution in [1.29, 1.82) is 0 Å². The maximum Gasteiger partial charge on any atom is 0.342 e. The van der Waals surface area contributed by atoms with E-state index in [4.69, 9.17) is 26.5 Å². The monoisotopic (exact) mass is 377 g/mol. The maximum absolute atomic E-state index is 12.1. The number of nitrogens with zero attached hydrogens (tertiary/aromatic N) is 2. The summed E-state index contributed by atoms with van der Waals surface area (Å²) < 4.78 is 10.6. The SMILES string of the molecule is CCOC(=O)c1c(C)oc2nc(CSc3ccc(Cl)cc3)nc(N)c12. The number of rotatable bonds is 5. The Morgan fingerprint density at radius 1 is 1.32 bits per heavy atom. The zero-order chi connectivity index (χ0) is 18.0. The number of hydrogen-bond donors (Lipinski definition) is 1. The predicted octanol–water partition coefficient (Wildman–Crippen LogP) is 4.24. The van der Waals surface area contributed by atoms with Crippen LogP contribution in [0, 0.1) is 6.92 Å². The maximum atomic E-state index is 12.1. The van der Waals surface area contributed by atoms with Crippen LogP contribution in [0.15, 0.2) is 33.6 Å². The Balaban J connectivity index is 1.89. The Kier molecular flexibility index (Phi) is 5.15. The molecule has 2 heterocycles. The first kappa shape index (κ1) is 17.6. The number of halogens is 1. The van der Waals surface area contributed by atoms with Crippen LogP contribution < -0.4 is 5.73 Å². The summed E-state index contributed by atoms with van der Waals surface area (Å²) in [7, 11) is 0. The molecule has 0 unspecified atom stereocenters. The lowest BCUT2D eigenvalue weighted by Crippen LogP contribution is -2.07. The lowest BCUT2D eigenvalue weighted by molar-refractivity contribution is 0.0526. The van der Waals surface area contributed by atoms with E-state index >= 15 is 0 Å². The molecule has 130 valence electrons. The zero-order valence-corrected chi connectivity index (χ0v) is 15.3. The topological polar surface area (TPSA) is 91.2 Å². The van der Waals surface area contributed by atoms with Crippen LogP contribution in [0.2, 0.25) is 5.02 Å². The number of furan rings is 1. The molecule has 0 fully saturated rings. The van der Waals surface area contributed by atoms with Gasteiger partial charge in [-0.1, -0.05) is 11.6 Å². The van der Waals surface area contributed by atoms with E-state index in [-0.39, 0.29) is 18.0 Å². The molecular formula is C17H16ClN3O3S. The third-order valence-electron chi connectivity index (χ3n) is 3.46. The van der Waals surface area contributed by atoms with Gasteiger partial charge in [0.2, 0.25) is 5.71 Å². The van der Waals surface area contributed by atoms with E-state index in [0.29, 0.717) is 33.5 Å². The Morgan fingerprint density at radius 3 is 2.72 bits per heavy atom. The minimum absolute atomic E-state index is 0.205. The van der Waals surface area contributed by atoms with E-state index in [2.05, 4.69) is 9.97 Å². The van der Waals surface area contributed by atoms with Crippen LogP contribution in [0.5, 0.6) is 0 Å². The molecule has 0 amide bonds. The van der Waals surface area contributed by atoms with Crippen molar-refractivity contribution < 1.29 is 13.9 Å². The summed E-state index contributed by atoms with van der Waals surface area (Å²) in [6.45, 7) is 3.68. The third kappa shape index (κ3) is 3.72. The van der Waals surface area contributed by atoms with Gasteiger partial charge in [0.05, 0.1) is 17.7 Å². The summed E-state index contributed by atoms with van der Waals surface area (Å²) in [6, 6.07) is 7.49. The van der Waals surface area contributed by atoms with E-state index < -0.39 is 5.97 Å². The molecule has 3 rings (SSSR count). The number of fused-ring (bicyclic) bond motifs is 1. The van der Waals surface area contributed by atoms with Gasteiger partial charge < -0.3 is 14.9 Å². The summed E-state index contributed by atoms with van der Waals surface area (Å²) in [4.78, 5) is 21.8. The Morgan fingerprint density at radius 2 is 2.04 bits per heavy atom. The largest absolute Gasteiger partial charge is 0.462 e. The van der Waals surface area contributed by atoms with Gasteiger partial charge in [0, 0.05) is 9.92 Å². The fraction of sp³-hybridized carbons (Fsp3) is 0.235. The number of aromatic nitrogens is 2. The predicted molar refractivity (Wildman–Crippen MR) is 97.9 cm³/mol. The van der Waals surface area contributed by atoms with Gasteiger partial charge in [0.15, 0.2) is 0 Å². The van der Waals surface area contributed by atoms with Gasteiger partial charge in [-0.25, -0.2) is 9.78 Å². The van der Waals surface area contributed by atoms with Gasteiger partial charge in [-0.15, -0.1) is 11.8 Å². The van der Waals surface area contributed by atoms with Crippen LogP contribution in [0.1, 0.15) is 28.9 Å². The van der Waals surface area contributed by atoms with Crippen LogP contribution in [-0.4, -0.2) is 22.5 Å². The zero-order valence-electron chi connectivity index (χ0n) is 13.7. The highest BCUT2D eigenvalue weighted by Crippen LogP contribution is 2.30. The number of carbonyl (C=O) groups excluding carboxylic acids is 1. The molecule has 0 aliphatic heterocycles. The first-order valence-electron chi connectivity index (χ1n) is 7.60. The van der Waals surface area contributed by atoms with Gasteiger partial charge in [-0.2, -0.15) is 4.98 Å². The smallest absolute Gasteiger partial charge is 0.342 e. The van der Waals surface area contributed by atoms with E-state index in [0.717, 1.165) is 4.90 Å². The molecular weight excluding hydrogens is 362 g/mol. The second kappa shape index (κ2) is 7.33. The quantitative estimate of drug-likeness (QED) is 0.525. The van der Waals surface area contributed by atoms with Crippen molar-refractivity contribution >= 4 is 46.2 Å². The summed E-state index contributed by atoms with van der Waals surface area (Å²) in [6.07, 6.45) is 0.